The second-order valence-electron chi connectivity index (χ2n) is 9.33. The van der Waals surface area contributed by atoms with Crippen molar-refractivity contribution in [3.05, 3.63) is 59.7 Å². The summed E-state index contributed by atoms with van der Waals surface area (Å²) in [5.74, 6) is 1.25. The highest BCUT2D eigenvalue weighted by atomic mass is 127. The monoisotopic (exact) mass is 548 g/mol. The number of ketones is 1. The zero-order valence-corrected chi connectivity index (χ0v) is 21.2. The summed E-state index contributed by atoms with van der Waals surface area (Å²) >= 11 is 0. The summed E-state index contributed by atoms with van der Waals surface area (Å²) in [6, 6.07) is 16.2. The van der Waals surface area contributed by atoms with Crippen LogP contribution in [0.15, 0.2) is 48.5 Å². The Labute approximate surface area is 208 Å². The number of anilines is 1. The van der Waals surface area contributed by atoms with Crippen LogP contribution in [0.5, 0.6) is 5.75 Å². The second-order valence-corrected chi connectivity index (χ2v) is 9.33. The third kappa shape index (κ3) is 5.17. The molecule has 0 atom stereocenters. The van der Waals surface area contributed by atoms with Crippen molar-refractivity contribution in [3.63, 3.8) is 0 Å². The Morgan fingerprint density at radius 1 is 1.06 bits per heavy atom. The van der Waals surface area contributed by atoms with Crippen molar-refractivity contribution in [2.24, 2.45) is 0 Å². The standard InChI is InChI=1S/C26H32N2O3.HI/c1-20(29)26(21-8-4-3-5-9-21)14-17-28(2,18-15-26)16-7-19-31-24-11-6-10-23-22(24)12-13-25(30)27-23;/h3-6,8-11H,7,12-19H2,1-2H3;1H. The van der Waals surface area contributed by atoms with E-state index in [9.17, 15) is 9.59 Å². The summed E-state index contributed by atoms with van der Waals surface area (Å²) in [6.07, 6.45) is 4.01. The van der Waals surface area contributed by atoms with E-state index in [1.54, 1.807) is 6.92 Å². The number of piperidine rings is 1. The maximum Gasteiger partial charge on any atom is 0.224 e. The fourth-order valence-corrected chi connectivity index (χ4v) is 5.14. The first-order chi connectivity index (χ1) is 14.9. The van der Waals surface area contributed by atoms with E-state index in [0.29, 0.717) is 13.0 Å². The van der Waals surface area contributed by atoms with Gasteiger partial charge in [-0.1, -0.05) is 36.4 Å². The number of fused-ring (bicyclic) bond motifs is 1. The van der Waals surface area contributed by atoms with Gasteiger partial charge in [-0.2, -0.15) is 0 Å². The van der Waals surface area contributed by atoms with E-state index in [0.717, 1.165) is 72.4 Å². The average molecular weight is 548 g/mol. The van der Waals surface area contributed by atoms with E-state index in [-0.39, 0.29) is 41.1 Å². The molecular formula is C26H33IN2O3. The third-order valence-electron chi connectivity index (χ3n) is 7.27. The first kappa shape index (κ1) is 24.7. The molecule has 4 rings (SSSR count). The molecule has 172 valence electrons. The van der Waals surface area contributed by atoms with Crippen LogP contribution in [0.2, 0.25) is 0 Å². The molecule has 2 aromatic carbocycles. The minimum Gasteiger partial charge on any atom is -1.00 e. The maximum atomic E-state index is 12.6. The van der Waals surface area contributed by atoms with Crippen molar-refractivity contribution >= 4 is 17.4 Å². The number of quaternary nitrogens is 1. The van der Waals surface area contributed by atoms with Crippen LogP contribution in [-0.4, -0.2) is 49.5 Å². The zero-order valence-electron chi connectivity index (χ0n) is 19.0. The van der Waals surface area contributed by atoms with Crippen molar-refractivity contribution in [1.82, 2.24) is 0 Å². The number of halogens is 1. The van der Waals surface area contributed by atoms with E-state index in [1.165, 1.54) is 0 Å². The number of carbonyl (C=O) groups excluding carboxylic acids is 2. The van der Waals surface area contributed by atoms with Gasteiger partial charge in [0.05, 0.1) is 38.7 Å². The van der Waals surface area contributed by atoms with Gasteiger partial charge in [-0.25, -0.2) is 0 Å². The Morgan fingerprint density at radius 2 is 1.78 bits per heavy atom. The van der Waals surface area contributed by atoms with Crippen molar-refractivity contribution in [1.29, 1.82) is 0 Å². The molecule has 1 fully saturated rings. The molecular weight excluding hydrogens is 515 g/mol. The predicted octanol–water partition coefficient (Wildman–Crippen LogP) is 1.11. The normalized spacial score (nSPS) is 24.6. The van der Waals surface area contributed by atoms with Gasteiger partial charge in [0.25, 0.3) is 0 Å². The summed E-state index contributed by atoms with van der Waals surface area (Å²) < 4.78 is 7.09. The Morgan fingerprint density at radius 3 is 2.47 bits per heavy atom. The van der Waals surface area contributed by atoms with Crippen LogP contribution >= 0.6 is 0 Å². The van der Waals surface area contributed by atoms with Gasteiger partial charge >= 0.3 is 0 Å². The average Bonchev–Trinajstić information content (AvgIpc) is 2.78. The van der Waals surface area contributed by atoms with Crippen LogP contribution in [0.4, 0.5) is 5.69 Å². The summed E-state index contributed by atoms with van der Waals surface area (Å²) in [6.45, 7) is 5.45. The highest BCUT2D eigenvalue weighted by Crippen LogP contribution is 2.38. The molecule has 32 heavy (non-hydrogen) atoms. The minimum atomic E-state index is -0.330. The molecule has 0 saturated carbocycles. The van der Waals surface area contributed by atoms with Crippen molar-refractivity contribution in [3.8, 4) is 5.75 Å². The van der Waals surface area contributed by atoms with Crippen LogP contribution in [0, 0.1) is 0 Å². The number of nitrogens with one attached hydrogen (secondary N) is 1. The van der Waals surface area contributed by atoms with Gasteiger partial charge in [0.2, 0.25) is 5.91 Å². The van der Waals surface area contributed by atoms with Crippen molar-refractivity contribution in [2.75, 3.05) is 38.6 Å². The van der Waals surface area contributed by atoms with E-state index in [2.05, 4.69) is 24.5 Å². The molecule has 1 amide bonds. The fourth-order valence-electron chi connectivity index (χ4n) is 5.14. The molecule has 2 aliphatic rings. The van der Waals surface area contributed by atoms with Gasteiger partial charge in [0.1, 0.15) is 11.5 Å². The molecule has 2 heterocycles. The molecule has 1 saturated heterocycles. The van der Waals surface area contributed by atoms with Crippen LogP contribution in [0.3, 0.4) is 0 Å². The first-order valence-electron chi connectivity index (χ1n) is 11.4. The van der Waals surface area contributed by atoms with Crippen LogP contribution < -0.4 is 34.0 Å². The number of Topliss-reactive ketones (excluding diaryl/α,β-unsaturated/α-hetero) is 1. The maximum absolute atomic E-state index is 12.6. The lowest BCUT2D eigenvalue weighted by atomic mass is 9.69. The Bertz CT molecular complexity index is 953. The highest BCUT2D eigenvalue weighted by molar-refractivity contribution is 5.94. The molecule has 2 aromatic rings. The molecule has 2 aliphatic heterocycles. The van der Waals surface area contributed by atoms with Crippen LogP contribution in [0.1, 0.15) is 43.7 Å². The molecule has 0 radical (unpaired) electrons. The Hall–Kier alpha value is -1.93. The second kappa shape index (κ2) is 10.3. The molecule has 6 heteroatoms. The van der Waals surface area contributed by atoms with Gasteiger partial charge < -0.3 is 38.5 Å². The van der Waals surface area contributed by atoms with Crippen molar-refractivity contribution < 1.29 is 42.8 Å². The van der Waals surface area contributed by atoms with Crippen LogP contribution in [0.25, 0.3) is 0 Å². The van der Waals surface area contributed by atoms with Gasteiger partial charge in [0, 0.05) is 36.9 Å². The van der Waals surface area contributed by atoms with E-state index >= 15 is 0 Å². The van der Waals surface area contributed by atoms with Gasteiger partial charge in [0.15, 0.2) is 0 Å². The molecule has 0 aromatic heterocycles. The molecule has 0 bridgehead atoms. The Balaban J connectivity index is 0.00000289. The molecule has 1 N–H and O–H groups in total. The number of ether oxygens (including phenoxy) is 1. The number of nitrogens with zero attached hydrogens (tertiary/aromatic N) is 1. The van der Waals surface area contributed by atoms with E-state index < -0.39 is 0 Å². The zero-order chi connectivity index (χ0) is 21.9. The summed E-state index contributed by atoms with van der Waals surface area (Å²) in [5, 5.41) is 2.93. The Kier molecular flexibility index (Phi) is 7.98. The van der Waals surface area contributed by atoms with Crippen molar-refractivity contribution in [2.45, 2.75) is 44.4 Å². The van der Waals surface area contributed by atoms with E-state index in [4.69, 9.17) is 4.74 Å². The number of benzene rings is 2. The number of hydrogen-bond donors (Lipinski definition) is 1. The number of carbonyl (C=O) groups is 2. The quantitative estimate of drug-likeness (QED) is 0.321. The lowest BCUT2D eigenvalue weighted by molar-refractivity contribution is -0.915. The fraction of sp³-hybridized carbons (Fsp3) is 0.462. The van der Waals surface area contributed by atoms with Gasteiger partial charge in [-0.05, 0) is 31.0 Å². The van der Waals surface area contributed by atoms with Crippen LogP contribution in [-0.2, 0) is 21.4 Å². The first-order valence-corrected chi connectivity index (χ1v) is 11.4. The summed E-state index contributed by atoms with van der Waals surface area (Å²) in [4.78, 5) is 24.2. The summed E-state index contributed by atoms with van der Waals surface area (Å²) in [5.41, 5.74) is 2.82. The molecule has 0 aliphatic carbocycles. The molecule has 5 nitrogen and oxygen atoms in total. The molecule has 0 unspecified atom stereocenters. The van der Waals surface area contributed by atoms with Gasteiger partial charge in [-0.3, -0.25) is 9.59 Å². The minimum absolute atomic E-state index is 0. The SMILES string of the molecule is CC(=O)C1(c2ccccc2)CC[N+](C)(CCCOc2cccc3c2CCC(=O)N3)CC1.[I-]. The predicted molar refractivity (Wildman–Crippen MR) is 122 cm³/mol. The lowest BCUT2D eigenvalue weighted by Crippen LogP contribution is -3.00. The van der Waals surface area contributed by atoms with Gasteiger partial charge in [-0.15, -0.1) is 0 Å². The number of rotatable bonds is 7. The smallest absolute Gasteiger partial charge is 0.224 e. The number of hydrogen-bond acceptors (Lipinski definition) is 3. The largest absolute Gasteiger partial charge is 1.00 e. The summed E-state index contributed by atoms with van der Waals surface area (Å²) in [7, 11) is 2.30. The highest BCUT2D eigenvalue weighted by Gasteiger charge is 2.44. The third-order valence-corrected chi connectivity index (χ3v) is 7.27. The lowest BCUT2D eigenvalue weighted by Gasteiger charge is -2.45. The topological polar surface area (TPSA) is 55.4 Å². The van der Waals surface area contributed by atoms with E-state index in [1.807, 2.05) is 36.4 Å². The number of likely N-dealkylation sites (tertiary alicyclic amines) is 1. The number of amides is 1. The molecule has 0 spiro atoms.